The maximum Gasteiger partial charge on any atom is 0.332 e. The lowest BCUT2D eigenvalue weighted by atomic mass is 10.0. The van der Waals surface area contributed by atoms with Crippen LogP contribution in [0.3, 0.4) is 0 Å². The molecule has 21 heavy (non-hydrogen) atoms. The molecule has 0 aromatic heterocycles. The van der Waals surface area contributed by atoms with Gasteiger partial charge in [-0.1, -0.05) is 6.07 Å². The molecule has 2 heterocycles. The Labute approximate surface area is 121 Å². The molecule has 2 saturated heterocycles. The first-order valence-electron chi connectivity index (χ1n) is 6.90. The lowest BCUT2D eigenvalue weighted by molar-refractivity contribution is -0.384. The molecule has 0 N–H and O–H groups in total. The van der Waals surface area contributed by atoms with E-state index >= 15 is 0 Å². The lowest BCUT2D eigenvalue weighted by Crippen LogP contribution is -2.39. The molecule has 1 aromatic carbocycles. The third-order valence-corrected chi connectivity index (χ3v) is 4.09. The molecule has 7 heteroatoms. The molecule has 0 unspecified atom stereocenters. The topological polar surface area (TPSA) is 83.8 Å². The number of carbonyl (C=O) groups is 2. The van der Waals surface area contributed by atoms with Gasteiger partial charge in [-0.3, -0.25) is 14.9 Å². The molecule has 0 aliphatic carbocycles. The number of nitro groups is 1. The maximum atomic E-state index is 12.5. The van der Waals surface area contributed by atoms with Gasteiger partial charge in [-0.15, -0.1) is 0 Å². The highest BCUT2D eigenvalue weighted by Gasteiger charge is 2.47. The molecule has 3 amide bonds. The van der Waals surface area contributed by atoms with Crippen LogP contribution in [0, 0.1) is 17.0 Å². The first-order valence-corrected chi connectivity index (χ1v) is 6.90. The Morgan fingerprint density at radius 2 is 2.05 bits per heavy atom. The Balaban J connectivity index is 2.04. The summed E-state index contributed by atoms with van der Waals surface area (Å²) in [6, 6.07) is 3.45. The largest absolute Gasteiger partial charge is 0.332 e. The van der Waals surface area contributed by atoms with Gasteiger partial charge >= 0.3 is 6.03 Å². The van der Waals surface area contributed by atoms with E-state index < -0.39 is 11.0 Å². The van der Waals surface area contributed by atoms with Crippen LogP contribution in [0.2, 0.25) is 0 Å². The Bertz CT molecular complexity index is 619. The lowest BCUT2D eigenvalue weighted by Gasteiger charge is -2.26. The number of hydrogen-bond acceptors (Lipinski definition) is 4. The smallest absolute Gasteiger partial charge is 0.312 e. The minimum absolute atomic E-state index is 0.124. The number of imide groups is 1. The number of non-ortho nitro benzene ring substituents is 1. The molecule has 0 bridgehead atoms. The molecule has 7 nitrogen and oxygen atoms in total. The van der Waals surface area contributed by atoms with E-state index in [0.29, 0.717) is 24.2 Å². The van der Waals surface area contributed by atoms with Crippen LogP contribution in [0.1, 0.15) is 24.8 Å². The standard InChI is InChI=1S/C14H15N3O4/c1-9-5-6-10(17(20)21)8-12(9)16-13(18)11-4-2-3-7-15(11)14(16)19/h5-6,8,11H,2-4,7H2,1H3/t11-/m0/s1. The number of rotatable bonds is 2. The van der Waals surface area contributed by atoms with Gasteiger partial charge in [0, 0.05) is 18.7 Å². The fourth-order valence-corrected chi connectivity index (χ4v) is 2.96. The third kappa shape index (κ3) is 2.05. The molecule has 0 spiro atoms. The Kier molecular flexibility index (Phi) is 3.12. The van der Waals surface area contributed by atoms with Gasteiger partial charge in [0.1, 0.15) is 6.04 Å². The van der Waals surface area contributed by atoms with Crippen LogP contribution < -0.4 is 4.90 Å². The number of hydrogen-bond donors (Lipinski definition) is 0. The van der Waals surface area contributed by atoms with Crippen LogP contribution in [0.15, 0.2) is 18.2 Å². The molecule has 0 radical (unpaired) electrons. The van der Waals surface area contributed by atoms with E-state index in [9.17, 15) is 19.7 Å². The predicted octanol–water partition coefficient (Wildman–Crippen LogP) is 2.22. The molecule has 1 aromatic rings. The zero-order valence-corrected chi connectivity index (χ0v) is 11.6. The van der Waals surface area contributed by atoms with E-state index in [1.54, 1.807) is 17.9 Å². The first-order chi connectivity index (χ1) is 10.0. The van der Waals surface area contributed by atoms with Gasteiger partial charge in [-0.2, -0.15) is 0 Å². The van der Waals surface area contributed by atoms with Crippen molar-refractivity contribution >= 4 is 23.3 Å². The van der Waals surface area contributed by atoms with E-state index in [1.807, 2.05) is 0 Å². The summed E-state index contributed by atoms with van der Waals surface area (Å²) < 4.78 is 0. The molecule has 1 atom stereocenters. The summed E-state index contributed by atoms with van der Waals surface area (Å²) >= 11 is 0. The van der Waals surface area contributed by atoms with E-state index in [1.165, 1.54) is 12.1 Å². The minimum Gasteiger partial charge on any atom is -0.312 e. The number of amides is 3. The maximum absolute atomic E-state index is 12.5. The molecular formula is C14H15N3O4. The number of aryl methyl sites for hydroxylation is 1. The van der Waals surface area contributed by atoms with Gasteiger partial charge in [-0.05, 0) is 31.7 Å². The van der Waals surface area contributed by atoms with Crippen molar-refractivity contribution in [3.8, 4) is 0 Å². The van der Waals surface area contributed by atoms with Gasteiger partial charge in [0.2, 0.25) is 0 Å². The SMILES string of the molecule is Cc1ccc([N+](=O)[O-])cc1N1C(=O)[C@@H]2CCCCN2C1=O. The average Bonchev–Trinajstić information content (AvgIpc) is 2.72. The van der Waals surface area contributed by atoms with Crippen molar-refractivity contribution in [1.29, 1.82) is 0 Å². The average molecular weight is 289 g/mol. The third-order valence-electron chi connectivity index (χ3n) is 4.09. The van der Waals surface area contributed by atoms with Crippen molar-refractivity contribution in [3.63, 3.8) is 0 Å². The van der Waals surface area contributed by atoms with Crippen molar-refractivity contribution in [1.82, 2.24) is 4.90 Å². The quantitative estimate of drug-likeness (QED) is 0.475. The number of anilines is 1. The van der Waals surface area contributed by atoms with E-state index in [0.717, 1.165) is 17.7 Å². The summed E-state index contributed by atoms with van der Waals surface area (Å²) in [5, 5.41) is 10.9. The second-order valence-electron chi connectivity index (χ2n) is 5.39. The van der Waals surface area contributed by atoms with Crippen LogP contribution in [-0.2, 0) is 4.79 Å². The Morgan fingerprint density at radius 3 is 2.71 bits per heavy atom. The van der Waals surface area contributed by atoms with Crippen LogP contribution in [0.4, 0.5) is 16.2 Å². The van der Waals surface area contributed by atoms with Gasteiger partial charge in [0.15, 0.2) is 0 Å². The van der Waals surface area contributed by atoms with Gasteiger partial charge in [0.05, 0.1) is 10.6 Å². The minimum atomic E-state index is -0.526. The normalized spacial score (nSPS) is 21.7. The molecule has 2 aliphatic rings. The van der Waals surface area contributed by atoms with Gasteiger partial charge in [0.25, 0.3) is 11.6 Å². The highest BCUT2D eigenvalue weighted by Crippen LogP contribution is 2.34. The van der Waals surface area contributed by atoms with Crippen LogP contribution in [0.5, 0.6) is 0 Å². The molecule has 3 rings (SSSR count). The Hall–Kier alpha value is -2.44. The summed E-state index contributed by atoms with van der Waals surface area (Å²) in [7, 11) is 0. The summed E-state index contributed by atoms with van der Waals surface area (Å²) in [6.07, 6.45) is 2.47. The van der Waals surface area contributed by atoms with Crippen molar-refractivity contribution in [2.75, 3.05) is 11.4 Å². The molecule has 2 fully saturated rings. The van der Waals surface area contributed by atoms with Crippen molar-refractivity contribution < 1.29 is 14.5 Å². The Morgan fingerprint density at radius 1 is 1.29 bits per heavy atom. The summed E-state index contributed by atoms with van der Waals surface area (Å²) in [5.74, 6) is -0.275. The van der Waals surface area contributed by atoms with Crippen molar-refractivity contribution in [3.05, 3.63) is 33.9 Å². The number of benzene rings is 1. The number of carbonyl (C=O) groups excluding carboxylic acids is 2. The zero-order chi connectivity index (χ0) is 15.1. The summed E-state index contributed by atoms with van der Waals surface area (Å²) in [6.45, 7) is 2.30. The van der Waals surface area contributed by atoms with Crippen LogP contribution in [-0.4, -0.2) is 34.3 Å². The summed E-state index contributed by atoms with van der Waals surface area (Å²) in [4.78, 5) is 38.0. The van der Waals surface area contributed by atoms with Crippen molar-refractivity contribution in [2.24, 2.45) is 0 Å². The van der Waals surface area contributed by atoms with Crippen molar-refractivity contribution in [2.45, 2.75) is 32.2 Å². The van der Waals surface area contributed by atoms with E-state index in [4.69, 9.17) is 0 Å². The fourth-order valence-electron chi connectivity index (χ4n) is 2.96. The number of piperidine rings is 1. The number of urea groups is 1. The van der Waals surface area contributed by atoms with E-state index in [2.05, 4.69) is 0 Å². The molecule has 110 valence electrons. The van der Waals surface area contributed by atoms with E-state index in [-0.39, 0.29) is 17.6 Å². The van der Waals surface area contributed by atoms with Crippen LogP contribution in [0.25, 0.3) is 0 Å². The predicted molar refractivity (Wildman–Crippen MR) is 75.1 cm³/mol. The summed E-state index contributed by atoms with van der Waals surface area (Å²) in [5.41, 5.74) is 0.858. The molecular weight excluding hydrogens is 274 g/mol. The number of fused-ring (bicyclic) bond motifs is 1. The highest BCUT2D eigenvalue weighted by atomic mass is 16.6. The second-order valence-corrected chi connectivity index (χ2v) is 5.39. The number of nitrogens with zero attached hydrogens (tertiary/aromatic N) is 3. The first kappa shape index (κ1) is 13.5. The molecule has 2 aliphatic heterocycles. The molecule has 0 saturated carbocycles. The highest BCUT2D eigenvalue weighted by molar-refractivity contribution is 6.21. The monoisotopic (exact) mass is 289 g/mol. The van der Waals surface area contributed by atoms with Gasteiger partial charge in [-0.25, -0.2) is 9.69 Å². The zero-order valence-electron chi connectivity index (χ0n) is 11.6. The van der Waals surface area contributed by atoms with Crippen LogP contribution >= 0.6 is 0 Å². The fraction of sp³-hybridized carbons (Fsp3) is 0.429. The van der Waals surface area contributed by atoms with Gasteiger partial charge < -0.3 is 4.90 Å². The number of nitro benzene ring substituents is 1. The second kappa shape index (κ2) is 4.83.